The van der Waals surface area contributed by atoms with Crippen LogP contribution in [0.25, 0.3) is 0 Å². The Balaban J connectivity index is 0.00000341. The topological polar surface area (TPSA) is 61.8 Å². The number of thiazole rings is 1. The summed E-state index contributed by atoms with van der Waals surface area (Å²) in [5.74, 6) is 0.518. The number of alkyl halides is 3. The van der Waals surface area contributed by atoms with Gasteiger partial charge in [0.25, 0.3) is 0 Å². The van der Waals surface area contributed by atoms with Crippen molar-refractivity contribution in [2.45, 2.75) is 25.7 Å². The van der Waals surface area contributed by atoms with E-state index in [2.05, 4.69) is 50.6 Å². The minimum absolute atomic E-state index is 0. The second-order valence-electron chi connectivity index (χ2n) is 7.01. The molecule has 2 N–H and O–H groups in total. The summed E-state index contributed by atoms with van der Waals surface area (Å²) in [7, 11) is 1.63. The third kappa shape index (κ3) is 7.58. The summed E-state index contributed by atoms with van der Waals surface area (Å²) in [5, 5.41) is 7.73. The number of ether oxygens (including phenoxy) is 1. The number of halogens is 4. The first-order chi connectivity index (χ1) is 14.4. The maximum atomic E-state index is 12.7. The average molecular weight is 569 g/mol. The van der Waals surface area contributed by atoms with E-state index in [9.17, 15) is 13.2 Å². The van der Waals surface area contributed by atoms with Crippen LogP contribution in [0.3, 0.4) is 0 Å². The molecule has 0 aliphatic carbocycles. The number of nitrogens with zero attached hydrogens (tertiary/aromatic N) is 3. The first-order valence-electron chi connectivity index (χ1n) is 9.71. The van der Waals surface area contributed by atoms with E-state index in [0.717, 1.165) is 29.8 Å². The number of benzene rings is 1. The maximum absolute atomic E-state index is 12.7. The Hall–Kier alpha value is -1.44. The van der Waals surface area contributed by atoms with E-state index in [1.165, 1.54) is 11.1 Å². The molecule has 1 saturated heterocycles. The van der Waals surface area contributed by atoms with E-state index in [1.807, 2.05) is 6.07 Å². The van der Waals surface area contributed by atoms with Crippen LogP contribution in [0, 0.1) is 6.92 Å². The van der Waals surface area contributed by atoms with Crippen LogP contribution < -0.4 is 10.6 Å². The molecule has 1 aromatic heterocycles. The van der Waals surface area contributed by atoms with Gasteiger partial charge in [0.15, 0.2) is 11.7 Å². The summed E-state index contributed by atoms with van der Waals surface area (Å²) in [6.45, 7) is 5.91. The lowest BCUT2D eigenvalue weighted by molar-refractivity contribution is -0.140. The van der Waals surface area contributed by atoms with E-state index < -0.39 is 11.9 Å². The van der Waals surface area contributed by atoms with Crippen molar-refractivity contribution in [3.8, 4) is 0 Å². The predicted molar refractivity (Wildman–Crippen MR) is 127 cm³/mol. The standard InChI is InChI=1S/C20H26F3N5OS.HI/c1-14-4-3-5-15(10-14)16(28-6-8-29-9-7-28)11-25-19(24-2)26-12-18-27-17(13-30-18)20(21,22)23;/h3-5,10,13,16H,6-9,11-12H2,1-2H3,(H2,24,25,26);1H. The van der Waals surface area contributed by atoms with Crippen LogP contribution in [-0.2, 0) is 17.5 Å². The van der Waals surface area contributed by atoms with Gasteiger partial charge in [-0.3, -0.25) is 9.89 Å². The van der Waals surface area contributed by atoms with Gasteiger partial charge in [-0.15, -0.1) is 35.3 Å². The Bertz CT molecular complexity index is 855. The van der Waals surface area contributed by atoms with E-state index in [-0.39, 0.29) is 36.6 Å². The van der Waals surface area contributed by atoms with Crippen LogP contribution in [0.4, 0.5) is 13.2 Å². The number of aliphatic imine (C=N–C) groups is 1. The Morgan fingerprint density at radius 1 is 1.29 bits per heavy atom. The molecule has 0 amide bonds. The first-order valence-corrected chi connectivity index (χ1v) is 10.6. The molecule has 0 radical (unpaired) electrons. The van der Waals surface area contributed by atoms with Crippen molar-refractivity contribution < 1.29 is 17.9 Å². The molecule has 172 valence electrons. The zero-order chi connectivity index (χ0) is 21.6. The van der Waals surface area contributed by atoms with Crippen molar-refractivity contribution >= 4 is 41.3 Å². The lowest BCUT2D eigenvalue weighted by Crippen LogP contribution is -2.46. The highest BCUT2D eigenvalue weighted by Gasteiger charge is 2.33. The second kappa shape index (κ2) is 12.0. The molecule has 1 aliphatic heterocycles. The minimum atomic E-state index is -4.42. The summed E-state index contributed by atoms with van der Waals surface area (Å²) < 4.78 is 43.6. The molecular formula is C20H27F3IN5OS. The van der Waals surface area contributed by atoms with Crippen LogP contribution in [0.15, 0.2) is 34.6 Å². The number of nitrogens with one attached hydrogen (secondary N) is 2. The zero-order valence-electron chi connectivity index (χ0n) is 17.4. The van der Waals surface area contributed by atoms with Gasteiger partial charge in [0.2, 0.25) is 0 Å². The molecule has 0 bridgehead atoms. The molecule has 11 heteroatoms. The SMILES string of the molecule is CN=C(NCc1nc(C(F)(F)F)cs1)NCC(c1cccc(C)c1)N1CCOCC1.I. The number of hydrogen-bond acceptors (Lipinski definition) is 5. The van der Waals surface area contributed by atoms with Crippen LogP contribution in [-0.4, -0.2) is 55.7 Å². The number of aromatic nitrogens is 1. The van der Waals surface area contributed by atoms with Crippen LogP contribution in [0.2, 0.25) is 0 Å². The highest BCUT2D eigenvalue weighted by Crippen LogP contribution is 2.30. The molecule has 31 heavy (non-hydrogen) atoms. The summed E-state index contributed by atoms with van der Waals surface area (Å²) >= 11 is 0.976. The molecule has 1 fully saturated rings. The van der Waals surface area contributed by atoms with Gasteiger partial charge in [0, 0.05) is 32.1 Å². The first kappa shape index (κ1) is 25.8. The number of hydrogen-bond donors (Lipinski definition) is 2. The molecule has 0 spiro atoms. The monoisotopic (exact) mass is 569 g/mol. The smallest absolute Gasteiger partial charge is 0.379 e. The Morgan fingerprint density at radius 3 is 2.65 bits per heavy atom. The third-order valence-corrected chi connectivity index (χ3v) is 5.70. The highest BCUT2D eigenvalue weighted by molar-refractivity contribution is 14.0. The Morgan fingerprint density at radius 2 is 2.03 bits per heavy atom. The normalized spacial score (nSPS) is 16.5. The van der Waals surface area contributed by atoms with E-state index in [0.29, 0.717) is 30.7 Å². The second-order valence-corrected chi connectivity index (χ2v) is 7.95. The van der Waals surface area contributed by atoms with Gasteiger partial charge in [-0.05, 0) is 12.5 Å². The lowest BCUT2D eigenvalue weighted by Gasteiger charge is -2.35. The number of guanidine groups is 1. The van der Waals surface area contributed by atoms with Crippen molar-refractivity contribution in [2.24, 2.45) is 4.99 Å². The van der Waals surface area contributed by atoms with Gasteiger partial charge in [0.1, 0.15) is 5.01 Å². The molecule has 2 heterocycles. The Labute approximate surface area is 201 Å². The minimum Gasteiger partial charge on any atom is -0.379 e. The van der Waals surface area contributed by atoms with Gasteiger partial charge in [-0.2, -0.15) is 13.2 Å². The number of aryl methyl sites for hydroxylation is 1. The Kier molecular flexibility index (Phi) is 9.97. The van der Waals surface area contributed by atoms with E-state index >= 15 is 0 Å². The van der Waals surface area contributed by atoms with Gasteiger partial charge in [0.05, 0.1) is 25.8 Å². The molecule has 1 unspecified atom stereocenters. The molecule has 2 aromatic rings. The maximum Gasteiger partial charge on any atom is 0.434 e. The van der Waals surface area contributed by atoms with E-state index in [1.54, 1.807) is 7.05 Å². The van der Waals surface area contributed by atoms with Crippen LogP contribution >= 0.6 is 35.3 Å². The summed E-state index contributed by atoms with van der Waals surface area (Å²) in [6.07, 6.45) is -4.42. The number of rotatable bonds is 6. The third-order valence-electron chi connectivity index (χ3n) is 4.85. The average Bonchev–Trinajstić information content (AvgIpc) is 3.21. The van der Waals surface area contributed by atoms with Crippen molar-refractivity contribution in [1.29, 1.82) is 0 Å². The summed E-state index contributed by atoms with van der Waals surface area (Å²) in [5.41, 5.74) is 1.53. The fourth-order valence-electron chi connectivity index (χ4n) is 3.32. The summed E-state index contributed by atoms with van der Waals surface area (Å²) in [4.78, 5) is 10.2. The number of morpholine rings is 1. The molecule has 3 rings (SSSR count). The van der Waals surface area contributed by atoms with Crippen molar-refractivity contribution in [1.82, 2.24) is 20.5 Å². The molecule has 1 aliphatic rings. The van der Waals surface area contributed by atoms with Gasteiger partial charge >= 0.3 is 6.18 Å². The van der Waals surface area contributed by atoms with Gasteiger partial charge < -0.3 is 15.4 Å². The van der Waals surface area contributed by atoms with Gasteiger partial charge in [-0.25, -0.2) is 4.98 Å². The van der Waals surface area contributed by atoms with Crippen LogP contribution in [0.1, 0.15) is 27.9 Å². The van der Waals surface area contributed by atoms with E-state index in [4.69, 9.17) is 4.74 Å². The molecule has 1 aromatic carbocycles. The molecular weight excluding hydrogens is 542 g/mol. The zero-order valence-corrected chi connectivity index (χ0v) is 20.6. The van der Waals surface area contributed by atoms with Crippen LogP contribution in [0.5, 0.6) is 0 Å². The highest BCUT2D eigenvalue weighted by atomic mass is 127. The fraction of sp³-hybridized carbons (Fsp3) is 0.500. The van der Waals surface area contributed by atoms with Gasteiger partial charge in [-0.1, -0.05) is 29.8 Å². The lowest BCUT2D eigenvalue weighted by atomic mass is 10.0. The fourth-order valence-corrected chi connectivity index (χ4v) is 4.06. The molecule has 1 atom stereocenters. The molecule has 0 saturated carbocycles. The van der Waals surface area contributed by atoms with Crippen molar-refractivity contribution in [3.05, 3.63) is 51.5 Å². The molecule has 6 nitrogen and oxygen atoms in total. The van der Waals surface area contributed by atoms with Crippen molar-refractivity contribution in [3.63, 3.8) is 0 Å². The quantitative estimate of drug-likeness (QED) is 0.315. The van der Waals surface area contributed by atoms with Crippen molar-refractivity contribution in [2.75, 3.05) is 39.9 Å². The summed E-state index contributed by atoms with van der Waals surface area (Å²) in [6, 6.07) is 8.53. The largest absolute Gasteiger partial charge is 0.434 e. The predicted octanol–water partition coefficient (Wildman–Crippen LogP) is 3.83.